The van der Waals surface area contributed by atoms with Gasteiger partial charge >= 0.3 is 0 Å². The largest absolute Gasteiger partial charge is 0.264 e. The van der Waals surface area contributed by atoms with Crippen molar-refractivity contribution in [2.24, 2.45) is 5.18 Å². The van der Waals surface area contributed by atoms with Gasteiger partial charge in [0.25, 0.3) is 0 Å². The summed E-state index contributed by atoms with van der Waals surface area (Å²) in [6, 6.07) is 34.8. The number of benzene rings is 4. The van der Waals surface area contributed by atoms with E-state index < -0.39 is 0 Å². The number of hydrogen-bond donors (Lipinski definition) is 0. The lowest BCUT2D eigenvalue weighted by Gasteiger charge is -2.04. The minimum Gasteiger partial charge on any atom is -0.264 e. The third-order valence-corrected chi connectivity index (χ3v) is 6.70. The SMILES string of the molecule is O=Nc1c(-c2ccc(-c3ccccc3)cc2)nc2sc3ccc(-c4ccccc4)cc3n12. The fraction of sp³-hybridized carbons (Fsp3) is 0. The van der Waals surface area contributed by atoms with Crippen molar-refractivity contribution in [1.29, 1.82) is 0 Å². The summed E-state index contributed by atoms with van der Waals surface area (Å²) in [7, 11) is 0. The van der Waals surface area contributed by atoms with E-state index in [9.17, 15) is 4.91 Å². The van der Waals surface area contributed by atoms with Gasteiger partial charge in [-0.1, -0.05) is 102 Å². The Morgan fingerprint density at radius 2 is 1.22 bits per heavy atom. The Labute approximate surface area is 188 Å². The number of rotatable bonds is 4. The Balaban J connectivity index is 1.49. The molecule has 4 nitrogen and oxygen atoms in total. The molecule has 0 amide bonds. The van der Waals surface area contributed by atoms with Gasteiger partial charge in [-0.3, -0.25) is 4.40 Å². The lowest BCUT2D eigenvalue weighted by molar-refractivity contribution is 1.25. The van der Waals surface area contributed by atoms with Crippen LogP contribution < -0.4 is 0 Å². The summed E-state index contributed by atoms with van der Waals surface area (Å²) in [5.41, 5.74) is 6.93. The summed E-state index contributed by atoms with van der Waals surface area (Å²) in [5, 5.41) is 3.40. The highest BCUT2D eigenvalue weighted by molar-refractivity contribution is 7.23. The highest BCUT2D eigenvalue weighted by atomic mass is 32.1. The molecule has 0 spiro atoms. The van der Waals surface area contributed by atoms with Crippen molar-refractivity contribution in [3.63, 3.8) is 0 Å². The van der Waals surface area contributed by atoms with Crippen LogP contribution in [0, 0.1) is 4.91 Å². The van der Waals surface area contributed by atoms with E-state index in [-0.39, 0.29) is 0 Å². The van der Waals surface area contributed by atoms with Crippen molar-refractivity contribution in [2.45, 2.75) is 0 Å². The van der Waals surface area contributed by atoms with Gasteiger partial charge in [0.2, 0.25) is 5.82 Å². The summed E-state index contributed by atoms with van der Waals surface area (Å²) < 4.78 is 2.95. The molecule has 0 saturated carbocycles. The first-order valence-electron chi connectivity index (χ1n) is 10.3. The van der Waals surface area contributed by atoms with E-state index in [1.54, 1.807) is 11.3 Å². The fourth-order valence-corrected chi connectivity index (χ4v) is 5.09. The van der Waals surface area contributed by atoms with E-state index in [1.807, 2.05) is 52.9 Å². The normalized spacial score (nSPS) is 11.2. The number of aromatic nitrogens is 2. The Morgan fingerprint density at radius 1 is 0.656 bits per heavy atom. The molecule has 4 aromatic carbocycles. The van der Waals surface area contributed by atoms with Gasteiger partial charge in [-0.25, -0.2) is 4.98 Å². The van der Waals surface area contributed by atoms with Crippen LogP contribution in [0.4, 0.5) is 5.82 Å². The van der Waals surface area contributed by atoms with Crippen molar-refractivity contribution in [3.05, 3.63) is 108 Å². The molecule has 0 fully saturated rings. The number of fused-ring (bicyclic) bond motifs is 3. The second kappa shape index (κ2) is 7.55. The minimum atomic E-state index is 0.337. The van der Waals surface area contributed by atoms with Gasteiger partial charge in [-0.15, -0.1) is 4.91 Å². The predicted molar refractivity (Wildman–Crippen MR) is 132 cm³/mol. The Kier molecular flexibility index (Phi) is 4.40. The molecule has 0 radical (unpaired) electrons. The highest BCUT2D eigenvalue weighted by Gasteiger charge is 2.19. The van der Waals surface area contributed by atoms with Gasteiger partial charge in [-0.2, -0.15) is 0 Å². The van der Waals surface area contributed by atoms with Crippen LogP contribution in [0.3, 0.4) is 0 Å². The second-order valence-electron chi connectivity index (χ2n) is 7.59. The monoisotopic (exact) mass is 431 g/mol. The van der Waals surface area contributed by atoms with Gasteiger partial charge in [0.05, 0.1) is 10.2 Å². The van der Waals surface area contributed by atoms with Crippen molar-refractivity contribution >= 4 is 32.3 Å². The molecule has 2 aromatic heterocycles. The van der Waals surface area contributed by atoms with Crippen LogP contribution in [0.5, 0.6) is 0 Å². The zero-order chi connectivity index (χ0) is 21.5. The minimum absolute atomic E-state index is 0.337. The molecule has 0 bridgehead atoms. The maximum absolute atomic E-state index is 12.0. The van der Waals surface area contributed by atoms with Crippen LogP contribution in [0.25, 0.3) is 48.7 Å². The summed E-state index contributed by atoms with van der Waals surface area (Å²) in [6.45, 7) is 0. The summed E-state index contributed by atoms with van der Waals surface area (Å²) in [5.74, 6) is 0.337. The van der Waals surface area contributed by atoms with Crippen molar-refractivity contribution in [3.8, 4) is 33.5 Å². The highest BCUT2D eigenvalue weighted by Crippen LogP contribution is 2.39. The Hall–Kier alpha value is -4.09. The Morgan fingerprint density at radius 3 is 1.88 bits per heavy atom. The van der Waals surface area contributed by atoms with Crippen LogP contribution in [0.15, 0.2) is 108 Å². The molecule has 0 saturated heterocycles. The Bertz CT molecular complexity index is 1570. The fourth-order valence-electron chi connectivity index (χ4n) is 4.09. The lowest BCUT2D eigenvalue weighted by atomic mass is 10.0. The standard InChI is InChI=1S/C27H17N3OS/c31-29-26-25(21-13-11-20(12-14-21)18-7-3-1-4-8-18)28-27-30(26)23-17-22(15-16-24(23)32-27)19-9-5-2-6-10-19/h1-17H. The molecule has 0 aliphatic rings. The zero-order valence-electron chi connectivity index (χ0n) is 17.0. The maximum atomic E-state index is 12.0. The first-order valence-corrected chi connectivity index (χ1v) is 11.1. The molecule has 6 aromatic rings. The third-order valence-electron chi connectivity index (χ3n) is 5.68. The molecule has 152 valence electrons. The first kappa shape index (κ1) is 18.7. The van der Waals surface area contributed by atoms with E-state index in [4.69, 9.17) is 4.98 Å². The first-order chi connectivity index (χ1) is 15.8. The summed E-state index contributed by atoms with van der Waals surface area (Å²) in [6.07, 6.45) is 0. The van der Waals surface area contributed by atoms with Gasteiger partial charge in [0.1, 0.15) is 5.69 Å². The number of thiazole rings is 1. The zero-order valence-corrected chi connectivity index (χ0v) is 17.8. The summed E-state index contributed by atoms with van der Waals surface area (Å²) >= 11 is 1.56. The molecular formula is C27H17N3OS. The molecule has 0 atom stereocenters. The second-order valence-corrected chi connectivity index (χ2v) is 8.60. The van der Waals surface area contributed by atoms with E-state index in [1.165, 1.54) is 0 Å². The predicted octanol–water partition coefficient (Wildman–Crippen LogP) is 7.95. The topological polar surface area (TPSA) is 46.7 Å². The van der Waals surface area contributed by atoms with Crippen molar-refractivity contribution < 1.29 is 0 Å². The quantitative estimate of drug-likeness (QED) is 0.266. The lowest BCUT2D eigenvalue weighted by Crippen LogP contribution is -1.84. The van der Waals surface area contributed by atoms with Crippen LogP contribution in [-0.2, 0) is 0 Å². The molecule has 5 heteroatoms. The maximum Gasteiger partial charge on any atom is 0.210 e. The molecule has 32 heavy (non-hydrogen) atoms. The van der Waals surface area contributed by atoms with E-state index in [2.05, 4.69) is 59.8 Å². The van der Waals surface area contributed by atoms with E-state index in [0.717, 1.165) is 43.0 Å². The number of hydrogen-bond acceptors (Lipinski definition) is 4. The van der Waals surface area contributed by atoms with Gasteiger partial charge < -0.3 is 0 Å². The van der Waals surface area contributed by atoms with Crippen LogP contribution >= 0.6 is 11.3 Å². The van der Waals surface area contributed by atoms with Crippen LogP contribution in [0.1, 0.15) is 0 Å². The van der Waals surface area contributed by atoms with Gasteiger partial charge in [0.15, 0.2) is 4.96 Å². The number of imidazole rings is 1. The van der Waals surface area contributed by atoms with Crippen molar-refractivity contribution in [1.82, 2.24) is 9.38 Å². The van der Waals surface area contributed by atoms with Gasteiger partial charge in [0, 0.05) is 5.56 Å². The number of nitroso groups, excluding NO2 is 1. The molecular weight excluding hydrogens is 414 g/mol. The molecule has 0 aliphatic carbocycles. The average Bonchev–Trinajstić information content (AvgIpc) is 3.41. The van der Waals surface area contributed by atoms with Crippen molar-refractivity contribution in [2.75, 3.05) is 0 Å². The molecule has 2 heterocycles. The molecule has 6 rings (SSSR count). The van der Waals surface area contributed by atoms with Crippen LogP contribution in [-0.4, -0.2) is 9.38 Å². The molecule has 0 unspecified atom stereocenters. The third kappa shape index (κ3) is 3.02. The molecule has 0 aliphatic heterocycles. The van der Waals surface area contributed by atoms with Crippen LogP contribution in [0.2, 0.25) is 0 Å². The van der Waals surface area contributed by atoms with E-state index >= 15 is 0 Å². The molecule has 0 N–H and O–H groups in total. The average molecular weight is 432 g/mol. The summed E-state index contributed by atoms with van der Waals surface area (Å²) in [4.78, 5) is 17.5. The smallest absolute Gasteiger partial charge is 0.210 e. The van der Waals surface area contributed by atoms with Gasteiger partial charge in [-0.05, 0) is 39.6 Å². The number of nitrogens with zero attached hydrogens (tertiary/aromatic N) is 3. The van der Waals surface area contributed by atoms with E-state index in [0.29, 0.717) is 11.5 Å².